The molecule has 1 aromatic rings. The molecule has 0 bridgehead atoms. The van der Waals surface area contributed by atoms with Crippen LogP contribution < -0.4 is 4.90 Å². The molecular formula is C10H12N2O2. The number of rotatable bonds is 3. The lowest BCUT2D eigenvalue weighted by Crippen LogP contribution is -2.28. The van der Waals surface area contributed by atoms with Crippen molar-refractivity contribution in [2.45, 2.75) is 13.3 Å². The van der Waals surface area contributed by atoms with E-state index in [1.54, 1.807) is 31.4 Å². The van der Waals surface area contributed by atoms with Gasteiger partial charge in [0.15, 0.2) is 0 Å². The highest BCUT2D eigenvalue weighted by Gasteiger charge is 2.12. The van der Waals surface area contributed by atoms with E-state index in [-0.39, 0.29) is 18.1 Å². The fourth-order valence-corrected chi connectivity index (χ4v) is 1.01. The lowest BCUT2D eigenvalue weighted by molar-refractivity contribution is -0.125. The molecule has 1 heterocycles. The van der Waals surface area contributed by atoms with Crippen molar-refractivity contribution in [1.82, 2.24) is 4.98 Å². The molecule has 4 nitrogen and oxygen atoms in total. The van der Waals surface area contributed by atoms with Gasteiger partial charge in [0.05, 0.1) is 6.42 Å². The molecule has 0 aromatic carbocycles. The first-order valence-corrected chi connectivity index (χ1v) is 4.28. The molecule has 0 spiro atoms. The largest absolute Gasteiger partial charge is 0.300 e. The third-order valence-corrected chi connectivity index (χ3v) is 1.77. The quantitative estimate of drug-likeness (QED) is 0.672. The van der Waals surface area contributed by atoms with E-state index >= 15 is 0 Å². The maximum atomic E-state index is 11.4. The topological polar surface area (TPSA) is 50.3 Å². The minimum atomic E-state index is -0.240. The van der Waals surface area contributed by atoms with Gasteiger partial charge in [0.1, 0.15) is 11.6 Å². The van der Waals surface area contributed by atoms with E-state index in [1.807, 2.05) is 0 Å². The number of anilines is 1. The maximum Gasteiger partial charge on any atom is 0.235 e. The molecule has 1 aromatic heterocycles. The van der Waals surface area contributed by atoms with Gasteiger partial charge < -0.3 is 0 Å². The molecule has 0 saturated carbocycles. The van der Waals surface area contributed by atoms with Crippen LogP contribution in [0, 0.1) is 0 Å². The number of amides is 1. The third kappa shape index (κ3) is 2.65. The van der Waals surface area contributed by atoms with Crippen LogP contribution in [0.5, 0.6) is 0 Å². The van der Waals surface area contributed by atoms with Gasteiger partial charge in [-0.3, -0.25) is 14.5 Å². The van der Waals surface area contributed by atoms with Crippen LogP contribution in [0.4, 0.5) is 5.82 Å². The Morgan fingerprint density at radius 1 is 1.43 bits per heavy atom. The SMILES string of the molecule is CC(=O)CC(=O)N(C)c1ccccn1. The van der Waals surface area contributed by atoms with E-state index < -0.39 is 0 Å². The van der Waals surface area contributed by atoms with E-state index in [1.165, 1.54) is 11.8 Å². The van der Waals surface area contributed by atoms with Crippen LogP contribution in [0.25, 0.3) is 0 Å². The zero-order valence-corrected chi connectivity index (χ0v) is 8.23. The van der Waals surface area contributed by atoms with E-state index in [0.29, 0.717) is 5.82 Å². The number of ketones is 1. The van der Waals surface area contributed by atoms with Crippen LogP contribution in [-0.4, -0.2) is 23.7 Å². The van der Waals surface area contributed by atoms with Crippen LogP contribution >= 0.6 is 0 Å². The van der Waals surface area contributed by atoms with Gasteiger partial charge in [0.2, 0.25) is 5.91 Å². The molecule has 4 heteroatoms. The van der Waals surface area contributed by atoms with Gasteiger partial charge >= 0.3 is 0 Å². The molecule has 0 atom stereocenters. The molecule has 0 aliphatic heterocycles. The summed E-state index contributed by atoms with van der Waals surface area (Å²) in [6, 6.07) is 5.28. The Kier molecular flexibility index (Phi) is 3.34. The summed E-state index contributed by atoms with van der Waals surface area (Å²) in [6.07, 6.45) is 1.53. The zero-order chi connectivity index (χ0) is 10.6. The summed E-state index contributed by atoms with van der Waals surface area (Å²) in [5, 5.41) is 0. The average Bonchev–Trinajstić information content (AvgIpc) is 2.17. The highest BCUT2D eigenvalue weighted by atomic mass is 16.2. The van der Waals surface area contributed by atoms with Gasteiger partial charge in [0.25, 0.3) is 0 Å². The third-order valence-electron chi connectivity index (χ3n) is 1.77. The summed E-state index contributed by atoms with van der Waals surface area (Å²) in [4.78, 5) is 27.5. The summed E-state index contributed by atoms with van der Waals surface area (Å²) >= 11 is 0. The van der Waals surface area contributed by atoms with E-state index in [4.69, 9.17) is 0 Å². The normalized spacial score (nSPS) is 9.57. The van der Waals surface area contributed by atoms with Crippen LogP contribution in [0.3, 0.4) is 0 Å². The Labute approximate surface area is 82.6 Å². The van der Waals surface area contributed by atoms with Crippen molar-refractivity contribution in [1.29, 1.82) is 0 Å². The van der Waals surface area contributed by atoms with Gasteiger partial charge in [-0.15, -0.1) is 0 Å². The number of pyridine rings is 1. The summed E-state index contributed by atoms with van der Waals surface area (Å²) in [7, 11) is 1.60. The highest BCUT2D eigenvalue weighted by Crippen LogP contribution is 2.07. The fraction of sp³-hybridized carbons (Fsp3) is 0.300. The van der Waals surface area contributed by atoms with Crippen molar-refractivity contribution < 1.29 is 9.59 Å². The minimum Gasteiger partial charge on any atom is -0.300 e. The number of aromatic nitrogens is 1. The maximum absolute atomic E-state index is 11.4. The van der Waals surface area contributed by atoms with Crippen LogP contribution in [0.2, 0.25) is 0 Å². The van der Waals surface area contributed by atoms with Crippen molar-refractivity contribution in [3.63, 3.8) is 0 Å². The standard InChI is InChI=1S/C10H12N2O2/c1-8(13)7-10(14)12(2)9-5-3-4-6-11-9/h3-6H,7H2,1-2H3. The van der Waals surface area contributed by atoms with Gasteiger partial charge in [-0.1, -0.05) is 6.07 Å². The van der Waals surface area contributed by atoms with Gasteiger partial charge in [-0.05, 0) is 19.1 Å². The number of carbonyl (C=O) groups excluding carboxylic acids is 2. The molecule has 1 amide bonds. The second kappa shape index (κ2) is 4.50. The lowest BCUT2D eigenvalue weighted by atomic mass is 10.3. The molecule has 0 unspecified atom stereocenters. The molecule has 0 N–H and O–H groups in total. The van der Waals surface area contributed by atoms with Crippen molar-refractivity contribution in [2.75, 3.05) is 11.9 Å². The Morgan fingerprint density at radius 2 is 2.14 bits per heavy atom. The van der Waals surface area contributed by atoms with Crippen LogP contribution in [0.15, 0.2) is 24.4 Å². The Hall–Kier alpha value is -1.71. The van der Waals surface area contributed by atoms with E-state index in [2.05, 4.69) is 4.98 Å². The van der Waals surface area contributed by atoms with E-state index in [9.17, 15) is 9.59 Å². The molecule has 74 valence electrons. The molecule has 14 heavy (non-hydrogen) atoms. The van der Waals surface area contributed by atoms with Crippen LogP contribution in [-0.2, 0) is 9.59 Å². The highest BCUT2D eigenvalue weighted by molar-refractivity contribution is 6.04. The molecule has 0 fully saturated rings. The van der Waals surface area contributed by atoms with Gasteiger partial charge in [-0.2, -0.15) is 0 Å². The fourth-order valence-electron chi connectivity index (χ4n) is 1.01. The zero-order valence-electron chi connectivity index (χ0n) is 8.23. The first kappa shape index (κ1) is 10.4. The first-order valence-electron chi connectivity index (χ1n) is 4.28. The predicted molar refractivity (Wildman–Crippen MR) is 52.9 cm³/mol. The number of nitrogens with zero attached hydrogens (tertiary/aromatic N) is 2. The number of hydrogen-bond acceptors (Lipinski definition) is 3. The molecule has 0 aliphatic rings. The number of carbonyl (C=O) groups is 2. The molecule has 0 radical (unpaired) electrons. The second-order valence-corrected chi connectivity index (χ2v) is 3.02. The number of hydrogen-bond donors (Lipinski definition) is 0. The monoisotopic (exact) mass is 192 g/mol. The van der Waals surface area contributed by atoms with Crippen molar-refractivity contribution in [3.8, 4) is 0 Å². The lowest BCUT2D eigenvalue weighted by Gasteiger charge is -2.14. The molecule has 1 rings (SSSR count). The smallest absolute Gasteiger partial charge is 0.235 e. The number of Topliss-reactive ketones (excluding diaryl/α,β-unsaturated/α-hetero) is 1. The summed E-state index contributed by atoms with van der Waals surface area (Å²) in [5.74, 6) is 0.174. The summed E-state index contributed by atoms with van der Waals surface area (Å²) < 4.78 is 0. The summed E-state index contributed by atoms with van der Waals surface area (Å²) in [5.41, 5.74) is 0. The average molecular weight is 192 g/mol. The van der Waals surface area contributed by atoms with Crippen molar-refractivity contribution >= 4 is 17.5 Å². The predicted octanol–water partition coefficient (Wildman–Crippen LogP) is 1.02. The summed E-state index contributed by atoms with van der Waals surface area (Å²) in [6.45, 7) is 1.39. The first-order chi connectivity index (χ1) is 6.61. The van der Waals surface area contributed by atoms with Crippen LogP contribution in [0.1, 0.15) is 13.3 Å². The van der Waals surface area contributed by atoms with Crippen molar-refractivity contribution in [3.05, 3.63) is 24.4 Å². The van der Waals surface area contributed by atoms with Crippen molar-refractivity contribution in [2.24, 2.45) is 0 Å². The Bertz CT molecular complexity index is 335. The van der Waals surface area contributed by atoms with E-state index in [0.717, 1.165) is 0 Å². The molecular weight excluding hydrogens is 180 g/mol. The van der Waals surface area contributed by atoms with Gasteiger partial charge in [-0.25, -0.2) is 4.98 Å². The molecule has 0 aliphatic carbocycles. The minimum absolute atomic E-state index is 0.0763. The Morgan fingerprint density at radius 3 is 2.64 bits per heavy atom. The van der Waals surface area contributed by atoms with Gasteiger partial charge in [0, 0.05) is 13.2 Å². The second-order valence-electron chi connectivity index (χ2n) is 3.02. The molecule has 0 saturated heterocycles. The Balaban J connectivity index is 2.71.